The van der Waals surface area contributed by atoms with Crippen molar-refractivity contribution < 1.29 is 31.1 Å². The second kappa shape index (κ2) is 23.3. The molecule has 2 aromatic carbocycles. The molecule has 0 amide bonds. The highest BCUT2D eigenvalue weighted by Crippen LogP contribution is 2.33. The van der Waals surface area contributed by atoms with Gasteiger partial charge in [-0.3, -0.25) is 19.7 Å². The van der Waals surface area contributed by atoms with E-state index in [0.717, 1.165) is 125 Å². The highest BCUT2D eigenvalue weighted by Gasteiger charge is 2.15. The Kier molecular flexibility index (Phi) is 18.7. The van der Waals surface area contributed by atoms with Gasteiger partial charge >= 0.3 is 23.1 Å². The van der Waals surface area contributed by atoms with Gasteiger partial charge in [0.1, 0.15) is 5.01 Å². The summed E-state index contributed by atoms with van der Waals surface area (Å²) in [7, 11) is 0. The molecule has 19 heteroatoms. The van der Waals surface area contributed by atoms with E-state index in [0.29, 0.717) is 10.0 Å². The molecule has 290 valence electrons. The van der Waals surface area contributed by atoms with Crippen molar-refractivity contribution in [2.45, 2.75) is 20.4 Å². The smallest absolute Gasteiger partial charge is 0.335 e. The Hall–Kier alpha value is -3.75. The Bertz CT molecular complexity index is 2230. The summed E-state index contributed by atoms with van der Waals surface area (Å²) in [6, 6.07) is 11.7. The van der Waals surface area contributed by atoms with Crippen molar-refractivity contribution in [3.05, 3.63) is 90.7 Å². The second-order valence-corrected chi connectivity index (χ2v) is 14.6. The van der Waals surface area contributed by atoms with Crippen LogP contribution in [0.4, 0.5) is 0 Å². The van der Waals surface area contributed by atoms with Crippen LogP contribution in [0.2, 0.25) is 10.0 Å². The van der Waals surface area contributed by atoms with Gasteiger partial charge in [0.05, 0.1) is 65.4 Å². The number of morpholine rings is 2. The van der Waals surface area contributed by atoms with Gasteiger partial charge in [-0.2, -0.15) is 16.8 Å². The number of nitrogens with one attached hydrogen (secondary N) is 1. The third-order valence-corrected chi connectivity index (χ3v) is 10.4. The molecular weight excluding hydrogens is 828 g/mol. The number of aldehydes is 1. The lowest BCUT2D eigenvalue weighted by atomic mass is 10.0. The lowest BCUT2D eigenvalue weighted by molar-refractivity contribution is 0.0342. The van der Waals surface area contributed by atoms with Gasteiger partial charge in [0.25, 0.3) is 0 Å². The maximum Gasteiger partial charge on any atom is 0.335 e. The van der Waals surface area contributed by atoms with Gasteiger partial charge in [-0.1, -0.05) is 23.2 Å². The topological polar surface area (TPSA) is 171 Å². The van der Waals surface area contributed by atoms with Crippen molar-refractivity contribution in [2.24, 2.45) is 0 Å². The van der Waals surface area contributed by atoms with Gasteiger partial charge in [-0.25, -0.2) is 9.97 Å². The molecule has 0 aliphatic carbocycles. The SMILES string of the molecule is C1COCCN1.Cc1cc2c(Cl)ccnc2cc1-c1csc(C=O)n1.Cc1cc2c(Cl)ccnc2cc1-c1csc(CN2CCOCC2)n1.O=S=O.O=S=O. The number of hydrogen-bond acceptors (Lipinski definition) is 15. The maximum absolute atomic E-state index is 10.7. The number of carbonyl (C=O) groups excluding carboxylic acids is 1. The predicted molar refractivity (Wildman–Crippen MR) is 218 cm³/mol. The lowest BCUT2D eigenvalue weighted by Crippen LogP contribution is -2.35. The number of hydrogen-bond donors (Lipinski definition) is 1. The predicted octanol–water partition coefficient (Wildman–Crippen LogP) is 6.55. The molecule has 4 aromatic heterocycles. The second-order valence-electron chi connectivity index (χ2n) is 11.7. The number of rotatable bonds is 5. The van der Waals surface area contributed by atoms with Gasteiger partial charge in [0, 0.05) is 71.2 Å². The number of benzene rings is 2. The van der Waals surface area contributed by atoms with Crippen LogP contribution in [0.1, 0.15) is 25.9 Å². The molecule has 0 bridgehead atoms. The van der Waals surface area contributed by atoms with Crippen LogP contribution < -0.4 is 5.32 Å². The number of aryl methyl sites for hydroxylation is 2. The van der Waals surface area contributed by atoms with E-state index in [-0.39, 0.29) is 0 Å². The minimum atomic E-state index is -0.750. The maximum atomic E-state index is 10.7. The summed E-state index contributed by atoms with van der Waals surface area (Å²) >= 11 is 14.0. The fourth-order valence-electron chi connectivity index (χ4n) is 5.53. The first-order valence-corrected chi connectivity index (χ1v) is 20.5. The number of halogens is 2. The van der Waals surface area contributed by atoms with E-state index < -0.39 is 23.1 Å². The first kappa shape index (κ1) is 44.0. The summed E-state index contributed by atoms with van der Waals surface area (Å²) in [6.45, 7) is 12.4. The molecular formula is C36H36Cl2N6O7S4. The van der Waals surface area contributed by atoms with E-state index in [2.05, 4.69) is 49.6 Å². The van der Waals surface area contributed by atoms with Crippen LogP contribution in [-0.4, -0.2) is 101 Å². The first-order chi connectivity index (χ1) is 26.7. The number of ether oxygens (including phenoxy) is 2. The van der Waals surface area contributed by atoms with Crippen molar-refractivity contribution in [1.82, 2.24) is 30.2 Å². The van der Waals surface area contributed by atoms with Crippen LogP contribution in [0.15, 0.2) is 59.6 Å². The molecule has 6 heterocycles. The average Bonchev–Trinajstić information content (AvgIpc) is 3.88. The Labute approximate surface area is 342 Å². The van der Waals surface area contributed by atoms with Gasteiger partial charge in [-0.05, 0) is 61.4 Å². The molecule has 0 radical (unpaired) electrons. The zero-order chi connectivity index (χ0) is 39.6. The summed E-state index contributed by atoms with van der Waals surface area (Å²) < 4.78 is 43.6. The van der Waals surface area contributed by atoms with Gasteiger partial charge in [0.15, 0.2) is 11.3 Å². The molecule has 6 aromatic rings. The first-order valence-electron chi connectivity index (χ1n) is 16.6. The van der Waals surface area contributed by atoms with Gasteiger partial charge < -0.3 is 14.8 Å². The fraction of sp³-hybridized carbons (Fsp3) is 0.306. The Morgan fingerprint density at radius 2 is 1.25 bits per heavy atom. The van der Waals surface area contributed by atoms with Crippen LogP contribution in [0.25, 0.3) is 44.3 Å². The summed E-state index contributed by atoms with van der Waals surface area (Å²) in [5.74, 6) is 0. The number of carbonyl (C=O) groups is 1. The minimum absolute atomic E-state index is 0.480. The van der Waals surface area contributed by atoms with Crippen molar-refractivity contribution in [3.63, 3.8) is 0 Å². The zero-order valence-electron chi connectivity index (χ0n) is 29.7. The Morgan fingerprint density at radius 1 is 0.764 bits per heavy atom. The standard InChI is InChI=1S/C18H18ClN3OS.C14H9ClN2OS.C4H9NO.2O2S/c1-12-8-14-15(19)2-3-20-16(14)9-13(12)17-11-24-18(21-17)10-22-4-6-23-7-5-22;1-8-4-10-11(15)2-3-16-12(10)5-9(8)13-7-19-14(6-18)17-13;1-3-6-4-2-5-1;2*1-3-2/h2-3,8-9,11H,4-7,10H2,1H3;2-7H,1H3;5H,1-4H2;;. The van der Waals surface area contributed by atoms with E-state index in [9.17, 15) is 4.79 Å². The largest absolute Gasteiger partial charge is 0.379 e. The molecule has 8 rings (SSSR count). The highest BCUT2D eigenvalue weighted by atomic mass is 35.5. The molecule has 0 saturated carbocycles. The van der Waals surface area contributed by atoms with E-state index >= 15 is 0 Å². The molecule has 0 unspecified atom stereocenters. The summed E-state index contributed by atoms with van der Waals surface area (Å²) in [5.41, 5.74) is 7.89. The van der Waals surface area contributed by atoms with Crippen LogP contribution in [0.3, 0.4) is 0 Å². The summed E-state index contributed by atoms with van der Waals surface area (Å²) in [6.07, 6.45) is 4.19. The third-order valence-electron chi connectivity index (χ3n) is 8.10. The van der Waals surface area contributed by atoms with E-state index in [1.165, 1.54) is 16.9 Å². The molecule has 2 saturated heterocycles. The minimum Gasteiger partial charge on any atom is -0.379 e. The molecule has 55 heavy (non-hydrogen) atoms. The van der Waals surface area contributed by atoms with Crippen LogP contribution >= 0.6 is 45.9 Å². The van der Waals surface area contributed by atoms with Crippen LogP contribution in [0, 0.1) is 13.8 Å². The van der Waals surface area contributed by atoms with Gasteiger partial charge in [0.2, 0.25) is 0 Å². The molecule has 2 aliphatic heterocycles. The number of fused-ring (bicyclic) bond motifs is 2. The molecule has 0 atom stereocenters. The highest BCUT2D eigenvalue weighted by molar-refractivity contribution is 7.52. The van der Waals surface area contributed by atoms with E-state index in [1.54, 1.807) is 29.8 Å². The summed E-state index contributed by atoms with van der Waals surface area (Å²) in [4.78, 5) is 31.0. The number of thiazole rings is 2. The van der Waals surface area contributed by atoms with Crippen LogP contribution in [0.5, 0.6) is 0 Å². The quantitative estimate of drug-likeness (QED) is 0.185. The molecule has 1 N–H and O–H groups in total. The number of pyridine rings is 2. The van der Waals surface area contributed by atoms with Crippen molar-refractivity contribution in [1.29, 1.82) is 0 Å². The molecule has 2 fully saturated rings. The third kappa shape index (κ3) is 13.2. The molecule has 0 spiro atoms. The lowest BCUT2D eigenvalue weighted by Gasteiger charge is -2.25. The normalized spacial score (nSPS) is 13.7. The Morgan fingerprint density at radius 3 is 1.71 bits per heavy atom. The monoisotopic (exact) mass is 862 g/mol. The van der Waals surface area contributed by atoms with Crippen molar-refractivity contribution in [3.8, 4) is 22.5 Å². The average molecular weight is 864 g/mol. The fourth-order valence-corrected chi connectivity index (χ4v) is 7.40. The zero-order valence-corrected chi connectivity index (χ0v) is 34.5. The van der Waals surface area contributed by atoms with Crippen molar-refractivity contribution >= 4 is 97.1 Å². The van der Waals surface area contributed by atoms with Crippen LogP contribution in [-0.2, 0) is 39.2 Å². The molecule has 2 aliphatic rings. The van der Waals surface area contributed by atoms with E-state index in [4.69, 9.17) is 54.5 Å². The van der Waals surface area contributed by atoms with E-state index in [1.807, 2.05) is 30.5 Å². The Balaban J connectivity index is 0.000000192. The number of nitrogens with zero attached hydrogens (tertiary/aromatic N) is 5. The van der Waals surface area contributed by atoms with Gasteiger partial charge in [-0.15, -0.1) is 22.7 Å². The number of aromatic nitrogens is 4. The van der Waals surface area contributed by atoms with Crippen molar-refractivity contribution in [2.75, 3.05) is 52.6 Å². The summed E-state index contributed by atoms with van der Waals surface area (Å²) in [5, 5.41) is 12.1. The molecule has 13 nitrogen and oxygen atoms in total.